The Morgan fingerprint density at radius 3 is 2.13 bits per heavy atom. The molecule has 0 aliphatic rings. The number of benzene rings is 2. The molecule has 1 heterocycles. The van der Waals surface area contributed by atoms with Crippen LogP contribution in [-0.2, 0) is 14.8 Å². The highest BCUT2D eigenvalue weighted by molar-refractivity contribution is 7.92. The van der Waals surface area contributed by atoms with Gasteiger partial charge >= 0.3 is 0 Å². The standard InChI is InChI=1S/C20H16Cl2N4O4S/c21-14-3-1-13(2-4-14)17(27)9-12-20(28)23-15-5-7-16(8-6-15)31(29,30)26-19-11-10-18(22)24-25-19/h1-8,10-11H,9,12H2,(H,23,28)(H,25,26). The summed E-state index contributed by atoms with van der Waals surface area (Å²) in [5.74, 6) is -0.524. The van der Waals surface area contributed by atoms with Crippen LogP contribution in [0.1, 0.15) is 23.2 Å². The van der Waals surface area contributed by atoms with E-state index in [1.807, 2.05) is 0 Å². The molecule has 0 aliphatic heterocycles. The quantitative estimate of drug-likeness (QED) is 0.468. The van der Waals surface area contributed by atoms with Crippen molar-refractivity contribution in [2.24, 2.45) is 0 Å². The van der Waals surface area contributed by atoms with E-state index in [2.05, 4.69) is 20.2 Å². The number of carbonyl (C=O) groups excluding carboxylic acids is 2. The van der Waals surface area contributed by atoms with Gasteiger partial charge < -0.3 is 5.32 Å². The number of halogens is 2. The second-order valence-corrected chi connectivity index (χ2v) is 8.86. The summed E-state index contributed by atoms with van der Waals surface area (Å²) in [6.07, 6.45) is 0.0181. The fraction of sp³-hybridized carbons (Fsp3) is 0.100. The lowest BCUT2D eigenvalue weighted by atomic mass is 10.1. The molecule has 0 aliphatic carbocycles. The van der Waals surface area contributed by atoms with Crippen LogP contribution in [0.2, 0.25) is 10.2 Å². The predicted molar refractivity (Wildman–Crippen MR) is 118 cm³/mol. The molecule has 0 unspecified atom stereocenters. The van der Waals surface area contributed by atoms with Crippen molar-refractivity contribution in [1.82, 2.24) is 10.2 Å². The van der Waals surface area contributed by atoms with Crippen LogP contribution in [0.25, 0.3) is 0 Å². The lowest BCUT2D eigenvalue weighted by molar-refractivity contribution is -0.116. The largest absolute Gasteiger partial charge is 0.326 e. The Labute approximate surface area is 188 Å². The minimum absolute atomic E-state index is 0.0156. The third kappa shape index (κ3) is 6.48. The molecule has 0 radical (unpaired) electrons. The number of nitrogens with zero attached hydrogens (tertiary/aromatic N) is 2. The van der Waals surface area contributed by atoms with Gasteiger partial charge in [0.15, 0.2) is 16.8 Å². The first-order valence-electron chi connectivity index (χ1n) is 8.94. The maximum atomic E-state index is 12.4. The number of anilines is 2. The third-order valence-corrected chi connectivity index (χ3v) is 5.89. The zero-order chi connectivity index (χ0) is 22.4. The van der Waals surface area contributed by atoms with Gasteiger partial charge in [-0.2, -0.15) is 0 Å². The van der Waals surface area contributed by atoms with Gasteiger partial charge in [0.25, 0.3) is 10.0 Å². The summed E-state index contributed by atoms with van der Waals surface area (Å²) < 4.78 is 27.1. The molecule has 0 fully saturated rings. The van der Waals surface area contributed by atoms with Crippen molar-refractivity contribution in [3.63, 3.8) is 0 Å². The fourth-order valence-electron chi connectivity index (χ4n) is 2.52. The monoisotopic (exact) mass is 478 g/mol. The molecule has 0 spiro atoms. The number of rotatable bonds is 8. The van der Waals surface area contributed by atoms with Crippen molar-refractivity contribution in [2.45, 2.75) is 17.7 Å². The van der Waals surface area contributed by atoms with E-state index in [0.717, 1.165) is 0 Å². The van der Waals surface area contributed by atoms with Crippen LogP contribution >= 0.6 is 23.2 Å². The van der Waals surface area contributed by atoms with Crippen molar-refractivity contribution >= 4 is 56.4 Å². The Hall–Kier alpha value is -3.01. The molecule has 1 amide bonds. The molecule has 2 N–H and O–H groups in total. The molecule has 3 rings (SSSR count). The molecule has 8 nitrogen and oxygen atoms in total. The molecule has 160 valence electrons. The number of sulfonamides is 1. The topological polar surface area (TPSA) is 118 Å². The first kappa shape index (κ1) is 22.7. The maximum Gasteiger partial charge on any atom is 0.263 e. The van der Waals surface area contributed by atoms with E-state index in [4.69, 9.17) is 23.2 Å². The number of ketones is 1. The zero-order valence-corrected chi connectivity index (χ0v) is 18.2. The molecule has 11 heteroatoms. The van der Waals surface area contributed by atoms with Gasteiger partial charge in [-0.15, -0.1) is 10.2 Å². The predicted octanol–water partition coefficient (Wildman–Crippen LogP) is 4.19. The fourth-order valence-corrected chi connectivity index (χ4v) is 3.74. The first-order valence-corrected chi connectivity index (χ1v) is 11.2. The number of carbonyl (C=O) groups is 2. The van der Waals surface area contributed by atoms with Crippen LogP contribution in [0, 0.1) is 0 Å². The summed E-state index contributed by atoms with van der Waals surface area (Å²) >= 11 is 11.4. The van der Waals surface area contributed by atoms with E-state index < -0.39 is 10.0 Å². The minimum atomic E-state index is -3.89. The van der Waals surface area contributed by atoms with Gasteiger partial charge in [0.1, 0.15) is 0 Å². The summed E-state index contributed by atoms with van der Waals surface area (Å²) in [6.45, 7) is 0. The molecule has 0 bridgehead atoms. The van der Waals surface area contributed by atoms with Crippen LogP contribution in [0.3, 0.4) is 0 Å². The number of aromatic nitrogens is 2. The normalized spacial score (nSPS) is 11.0. The van der Waals surface area contributed by atoms with Gasteiger partial charge in [0.2, 0.25) is 5.91 Å². The molecular weight excluding hydrogens is 463 g/mol. The van der Waals surface area contributed by atoms with Crippen molar-refractivity contribution in [3.05, 3.63) is 76.4 Å². The van der Waals surface area contributed by atoms with Gasteiger partial charge in [-0.05, 0) is 60.7 Å². The highest BCUT2D eigenvalue weighted by Crippen LogP contribution is 2.18. The van der Waals surface area contributed by atoms with Crippen LogP contribution in [0.5, 0.6) is 0 Å². The van der Waals surface area contributed by atoms with Crippen molar-refractivity contribution < 1.29 is 18.0 Å². The van der Waals surface area contributed by atoms with Gasteiger partial charge in [-0.3, -0.25) is 14.3 Å². The first-order chi connectivity index (χ1) is 14.7. The van der Waals surface area contributed by atoms with E-state index in [-0.39, 0.29) is 40.4 Å². The Balaban J connectivity index is 1.55. The molecular formula is C20H16Cl2N4O4S. The number of hydrogen-bond donors (Lipinski definition) is 2. The van der Waals surface area contributed by atoms with E-state index in [0.29, 0.717) is 16.3 Å². The number of nitrogens with one attached hydrogen (secondary N) is 2. The highest BCUT2D eigenvalue weighted by Gasteiger charge is 2.16. The summed E-state index contributed by atoms with van der Waals surface area (Å²) in [5.41, 5.74) is 0.874. The average molecular weight is 479 g/mol. The van der Waals surface area contributed by atoms with Gasteiger partial charge in [-0.1, -0.05) is 23.2 Å². The van der Waals surface area contributed by atoms with Crippen LogP contribution in [0.4, 0.5) is 11.5 Å². The molecule has 2 aromatic carbocycles. The minimum Gasteiger partial charge on any atom is -0.326 e. The smallest absolute Gasteiger partial charge is 0.263 e. The number of Topliss-reactive ketones (excluding diaryl/α,β-unsaturated/α-hetero) is 1. The van der Waals surface area contributed by atoms with Crippen LogP contribution < -0.4 is 10.0 Å². The van der Waals surface area contributed by atoms with Gasteiger partial charge in [0, 0.05) is 29.1 Å². The second-order valence-electron chi connectivity index (χ2n) is 6.35. The van der Waals surface area contributed by atoms with E-state index in [9.17, 15) is 18.0 Å². The van der Waals surface area contributed by atoms with Gasteiger partial charge in [0.05, 0.1) is 4.90 Å². The average Bonchev–Trinajstić information content (AvgIpc) is 2.74. The van der Waals surface area contributed by atoms with Gasteiger partial charge in [-0.25, -0.2) is 8.42 Å². The lowest BCUT2D eigenvalue weighted by Crippen LogP contribution is -2.15. The van der Waals surface area contributed by atoms with Crippen molar-refractivity contribution in [1.29, 1.82) is 0 Å². The number of amides is 1. The third-order valence-electron chi connectivity index (χ3n) is 4.06. The zero-order valence-electron chi connectivity index (χ0n) is 15.9. The summed E-state index contributed by atoms with van der Waals surface area (Å²) in [6, 6.07) is 14.8. The van der Waals surface area contributed by atoms with Crippen LogP contribution in [0.15, 0.2) is 65.6 Å². The van der Waals surface area contributed by atoms with E-state index in [1.165, 1.54) is 36.4 Å². The molecule has 31 heavy (non-hydrogen) atoms. The summed E-state index contributed by atoms with van der Waals surface area (Å²) in [5, 5.41) is 10.5. The summed E-state index contributed by atoms with van der Waals surface area (Å²) in [7, 11) is -3.89. The van der Waals surface area contributed by atoms with Crippen molar-refractivity contribution in [3.8, 4) is 0 Å². The van der Waals surface area contributed by atoms with Crippen LogP contribution in [-0.4, -0.2) is 30.3 Å². The Kier molecular flexibility index (Phi) is 7.21. The molecule has 3 aromatic rings. The Morgan fingerprint density at radius 2 is 1.52 bits per heavy atom. The van der Waals surface area contributed by atoms with Crippen molar-refractivity contribution in [2.75, 3.05) is 10.0 Å². The molecule has 0 saturated carbocycles. The van der Waals surface area contributed by atoms with E-state index in [1.54, 1.807) is 24.3 Å². The number of hydrogen-bond acceptors (Lipinski definition) is 6. The molecule has 0 atom stereocenters. The summed E-state index contributed by atoms with van der Waals surface area (Å²) in [4.78, 5) is 24.2. The Bertz CT molecular complexity index is 1180. The molecule has 0 saturated heterocycles. The molecule has 1 aromatic heterocycles. The maximum absolute atomic E-state index is 12.4. The highest BCUT2D eigenvalue weighted by atomic mass is 35.5. The SMILES string of the molecule is O=C(CCC(=O)c1ccc(Cl)cc1)Nc1ccc(S(=O)(=O)Nc2ccc(Cl)nn2)cc1. The lowest BCUT2D eigenvalue weighted by Gasteiger charge is -2.09. The second kappa shape index (κ2) is 9.86. The van der Waals surface area contributed by atoms with E-state index >= 15 is 0 Å². The Morgan fingerprint density at radius 1 is 0.839 bits per heavy atom.